The van der Waals surface area contributed by atoms with Gasteiger partial charge in [-0.15, -0.1) is 0 Å². The lowest BCUT2D eigenvalue weighted by molar-refractivity contribution is 0.626. The number of hydrogen-bond donors (Lipinski definition) is 0. The SMILES string of the molecule is CCCS(=O)c1ccc(F)cc1. The summed E-state index contributed by atoms with van der Waals surface area (Å²) < 4.78 is 23.8. The molecule has 0 saturated carbocycles. The molecule has 0 amide bonds. The molecule has 12 heavy (non-hydrogen) atoms. The highest BCUT2D eigenvalue weighted by Gasteiger charge is 2.01. The molecule has 1 aromatic rings. The van der Waals surface area contributed by atoms with Gasteiger partial charge >= 0.3 is 0 Å². The van der Waals surface area contributed by atoms with Gasteiger partial charge in [-0.3, -0.25) is 4.21 Å². The van der Waals surface area contributed by atoms with Crippen molar-refractivity contribution in [1.29, 1.82) is 0 Å². The van der Waals surface area contributed by atoms with Crippen molar-refractivity contribution in [2.75, 3.05) is 5.75 Å². The third-order valence-corrected chi connectivity index (χ3v) is 3.04. The second kappa shape index (κ2) is 4.36. The molecule has 0 saturated heterocycles. The molecule has 0 radical (unpaired) electrons. The van der Waals surface area contributed by atoms with E-state index in [0.717, 1.165) is 6.42 Å². The molecular formula is C9H11FOS. The summed E-state index contributed by atoms with van der Waals surface area (Å²) in [6.07, 6.45) is 0.879. The molecule has 0 aliphatic rings. The zero-order chi connectivity index (χ0) is 8.97. The predicted molar refractivity (Wildman–Crippen MR) is 48.0 cm³/mol. The van der Waals surface area contributed by atoms with E-state index in [0.29, 0.717) is 10.6 Å². The largest absolute Gasteiger partial charge is 0.254 e. The molecule has 0 aliphatic carbocycles. The van der Waals surface area contributed by atoms with E-state index in [2.05, 4.69) is 0 Å². The second-order valence-corrected chi connectivity index (χ2v) is 4.07. The van der Waals surface area contributed by atoms with E-state index < -0.39 is 10.8 Å². The minimum absolute atomic E-state index is 0.285. The van der Waals surface area contributed by atoms with Gasteiger partial charge in [0, 0.05) is 10.6 Å². The number of rotatable bonds is 3. The summed E-state index contributed by atoms with van der Waals surface area (Å²) >= 11 is 0. The molecule has 3 heteroatoms. The predicted octanol–water partition coefficient (Wildman–Crippen LogP) is 2.34. The molecule has 0 spiro atoms. The van der Waals surface area contributed by atoms with Crippen molar-refractivity contribution in [3.05, 3.63) is 30.1 Å². The van der Waals surface area contributed by atoms with Crippen molar-refractivity contribution in [3.63, 3.8) is 0 Å². The van der Waals surface area contributed by atoms with Crippen molar-refractivity contribution >= 4 is 10.8 Å². The second-order valence-electron chi connectivity index (χ2n) is 2.50. The molecule has 0 aromatic heterocycles. The molecule has 1 rings (SSSR count). The van der Waals surface area contributed by atoms with Crippen LogP contribution >= 0.6 is 0 Å². The van der Waals surface area contributed by atoms with Crippen LogP contribution in [0.5, 0.6) is 0 Å². The Labute approximate surface area is 74.1 Å². The molecule has 0 aliphatic heterocycles. The zero-order valence-electron chi connectivity index (χ0n) is 6.92. The summed E-state index contributed by atoms with van der Waals surface area (Å²) in [4.78, 5) is 0.707. The Balaban J connectivity index is 2.75. The van der Waals surface area contributed by atoms with Crippen LogP contribution in [0.1, 0.15) is 13.3 Å². The fourth-order valence-corrected chi connectivity index (χ4v) is 1.94. The molecule has 0 fully saturated rings. The Morgan fingerprint density at radius 1 is 1.33 bits per heavy atom. The van der Waals surface area contributed by atoms with Gasteiger partial charge in [0.05, 0.1) is 10.8 Å². The first-order chi connectivity index (χ1) is 5.74. The van der Waals surface area contributed by atoms with Crippen molar-refractivity contribution in [2.24, 2.45) is 0 Å². The first-order valence-electron chi connectivity index (χ1n) is 3.88. The van der Waals surface area contributed by atoms with Gasteiger partial charge in [-0.2, -0.15) is 0 Å². The smallest absolute Gasteiger partial charge is 0.123 e. The lowest BCUT2D eigenvalue weighted by Gasteiger charge is -1.98. The Hall–Kier alpha value is -0.700. The maximum atomic E-state index is 12.4. The van der Waals surface area contributed by atoms with Gasteiger partial charge in [0.25, 0.3) is 0 Å². The third kappa shape index (κ3) is 2.41. The molecule has 0 N–H and O–H groups in total. The first-order valence-corrected chi connectivity index (χ1v) is 5.20. The Bertz CT molecular complexity index is 268. The van der Waals surface area contributed by atoms with Crippen LogP contribution in [-0.2, 0) is 10.8 Å². The van der Waals surface area contributed by atoms with Crippen LogP contribution in [0.3, 0.4) is 0 Å². The van der Waals surface area contributed by atoms with Gasteiger partial charge < -0.3 is 0 Å². The number of hydrogen-bond acceptors (Lipinski definition) is 1. The van der Waals surface area contributed by atoms with E-state index in [1.807, 2.05) is 6.92 Å². The van der Waals surface area contributed by atoms with Gasteiger partial charge in [-0.25, -0.2) is 4.39 Å². The van der Waals surface area contributed by atoms with E-state index in [9.17, 15) is 8.60 Å². The number of benzene rings is 1. The summed E-state index contributed by atoms with van der Waals surface area (Å²) in [5, 5.41) is 0. The summed E-state index contributed by atoms with van der Waals surface area (Å²) in [6, 6.07) is 5.81. The molecule has 0 heterocycles. The fourth-order valence-electron chi connectivity index (χ4n) is 0.890. The lowest BCUT2D eigenvalue weighted by atomic mass is 10.4. The molecule has 66 valence electrons. The number of halogens is 1. The van der Waals surface area contributed by atoms with Crippen molar-refractivity contribution in [2.45, 2.75) is 18.2 Å². The average molecular weight is 186 g/mol. The summed E-state index contributed by atoms with van der Waals surface area (Å²) in [7, 11) is -0.958. The topological polar surface area (TPSA) is 17.1 Å². The molecule has 0 bridgehead atoms. The molecule has 1 aromatic carbocycles. The highest BCUT2D eigenvalue weighted by atomic mass is 32.2. The van der Waals surface area contributed by atoms with E-state index >= 15 is 0 Å². The van der Waals surface area contributed by atoms with Gasteiger partial charge in [-0.1, -0.05) is 6.92 Å². The van der Waals surface area contributed by atoms with Crippen molar-refractivity contribution in [3.8, 4) is 0 Å². The standard InChI is InChI=1S/C9H11FOS/c1-2-7-12(11)9-5-3-8(10)4-6-9/h3-6H,2,7H2,1H3. The van der Waals surface area contributed by atoms with Crippen LogP contribution in [0.4, 0.5) is 4.39 Å². The Morgan fingerprint density at radius 2 is 1.92 bits per heavy atom. The van der Waals surface area contributed by atoms with Gasteiger partial charge in [-0.05, 0) is 30.7 Å². The van der Waals surface area contributed by atoms with Crippen LogP contribution < -0.4 is 0 Å². The quantitative estimate of drug-likeness (QED) is 0.708. The zero-order valence-corrected chi connectivity index (χ0v) is 7.73. The molecule has 1 atom stereocenters. The van der Waals surface area contributed by atoms with Gasteiger partial charge in [0.15, 0.2) is 0 Å². The normalized spacial score (nSPS) is 12.8. The minimum atomic E-state index is -0.958. The average Bonchev–Trinajstić information content (AvgIpc) is 2.06. The summed E-state index contributed by atoms with van der Waals surface area (Å²) in [6.45, 7) is 1.97. The Morgan fingerprint density at radius 3 is 2.42 bits per heavy atom. The van der Waals surface area contributed by atoms with E-state index in [1.54, 1.807) is 12.1 Å². The summed E-state index contributed by atoms with van der Waals surface area (Å²) in [5.74, 6) is 0.360. The Kier molecular flexibility index (Phi) is 3.41. The summed E-state index contributed by atoms with van der Waals surface area (Å²) in [5.41, 5.74) is 0. The van der Waals surface area contributed by atoms with E-state index in [1.165, 1.54) is 12.1 Å². The van der Waals surface area contributed by atoms with Crippen LogP contribution in [0, 0.1) is 5.82 Å². The lowest BCUT2D eigenvalue weighted by Crippen LogP contribution is -1.96. The maximum Gasteiger partial charge on any atom is 0.123 e. The van der Waals surface area contributed by atoms with Gasteiger partial charge in [0.1, 0.15) is 5.82 Å². The van der Waals surface area contributed by atoms with Crippen molar-refractivity contribution < 1.29 is 8.60 Å². The van der Waals surface area contributed by atoms with Crippen molar-refractivity contribution in [1.82, 2.24) is 0 Å². The van der Waals surface area contributed by atoms with Crippen LogP contribution in [-0.4, -0.2) is 9.96 Å². The maximum absolute atomic E-state index is 12.4. The molecular weight excluding hydrogens is 175 g/mol. The highest BCUT2D eigenvalue weighted by Crippen LogP contribution is 2.08. The van der Waals surface area contributed by atoms with Crippen LogP contribution in [0.25, 0.3) is 0 Å². The highest BCUT2D eigenvalue weighted by molar-refractivity contribution is 7.85. The molecule has 1 unspecified atom stereocenters. The van der Waals surface area contributed by atoms with Crippen LogP contribution in [0.15, 0.2) is 29.2 Å². The van der Waals surface area contributed by atoms with Crippen LogP contribution in [0.2, 0.25) is 0 Å². The first kappa shape index (κ1) is 9.39. The third-order valence-electron chi connectivity index (χ3n) is 1.47. The molecule has 1 nitrogen and oxygen atoms in total. The monoisotopic (exact) mass is 186 g/mol. The van der Waals surface area contributed by atoms with E-state index in [-0.39, 0.29) is 5.82 Å². The van der Waals surface area contributed by atoms with E-state index in [4.69, 9.17) is 0 Å². The minimum Gasteiger partial charge on any atom is -0.254 e. The fraction of sp³-hybridized carbons (Fsp3) is 0.333. The van der Waals surface area contributed by atoms with Gasteiger partial charge in [0.2, 0.25) is 0 Å².